The van der Waals surface area contributed by atoms with Gasteiger partial charge in [0.2, 0.25) is 0 Å². The van der Waals surface area contributed by atoms with Crippen LogP contribution in [0.5, 0.6) is 0 Å². The standard InChI is InChI=1S/C9H14ClNS/c10-8(6-11)7-12-9-4-2-1-3-5-9/h8-9H,1-5,7H2. The number of nitrogens with zero attached hydrogens (tertiary/aromatic N) is 1. The molecule has 0 N–H and O–H groups in total. The molecule has 0 aliphatic heterocycles. The molecule has 0 aromatic carbocycles. The first kappa shape index (κ1) is 10.2. The fraction of sp³-hybridized carbons (Fsp3) is 0.889. The molecule has 0 heterocycles. The Morgan fingerprint density at radius 1 is 1.42 bits per heavy atom. The smallest absolute Gasteiger partial charge is 0.129 e. The summed E-state index contributed by atoms with van der Waals surface area (Å²) in [5.41, 5.74) is 0. The van der Waals surface area contributed by atoms with Crippen LogP contribution >= 0.6 is 23.4 Å². The summed E-state index contributed by atoms with van der Waals surface area (Å²) in [4.78, 5) is 0. The number of thioether (sulfide) groups is 1. The Balaban J connectivity index is 2.10. The molecule has 1 aliphatic rings. The molecule has 0 spiro atoms. The molecule has 0 saturated heterocycles. The molecule has 0 amide bonds. The summed E-state index contributed by atoms with van der Waals surface area (Å²) in [6.45, 7) is 0. The van der Waals surface area contributed by atoms with Gasteiger partial charge in [-0.2, -0.15) is 17.0 Å². The van der Waals surface area contributed by atoms with Gasteiger partial charge >= 0.3 is 0 Å². The molecule has 1 atom stereocenters. The Kier molecular flexibility index (Phi) is 4.87. The van der Waals surface area contributed by atoms with E-state index >= 15 is 0 Å². The van der Waals surface area contributed by atoms with Crippen LogP contribution in [0, 0.1) is 11.3 Å². The van der Waals surface area contributed by atoms with Crippen LogP contribution in [0.15, 0.2) is 0 Å². The van der Waals surface area contributed by atoms with Gasteiger partial charge in [0.25, 0.3) is 0 Å². The molecule has 1 fully saturated rings. The minimum Gasteiger partial charge on any atom is -0.197 e. The lowest BCUT2D eigenvalue weighted by Gasteiger charge is -2.20. The summed E-state index contributed by atoms with van der Waals surface area (Å²) < 4.78 is 0. The zero-order valence-corrected chi connectivity index (χ0v) is 8.70. The molecular formula is C9H14ClNS. The average molecular weight is 204 g/mol. The Morgan fingerprint density at radius 2 is 2.08 bits per heavy atom. The van der Waals surface area contributed by atoms with Gasteiger partial charge in [-0.05, 0) is 12.8 Å². The number of halogens is 1. The zero-order chi connectivity index (χ0) is 8.81. The van der Waals surface area contributed by atoms with Crippen molar-refractivity contribution >= 4 is 23.4 Å². The summed E-state index contributed by atoms with van der Waals surface area (Å²) in [6, 6.07) is 2.05. The number of hydrogen-bond acceptors (Lipinski definition) is 2. The molecule has 1 unspecified atom stereocenters. The molecule has 68 valence electrons. The molecule has 12 heavy (non-hydrogen) atoms. The molecule has 1 aliphatic carbocycles. The SMILES string of the molecule is N#CC(Cl)CSC1CCCCC1. The van der Waals surface area contributed by atoms with Gasteiger partial charge in [-0.15, -0.1) is 11.6 Å². The van der Waals surface area contributed by atoms with Gasteiger partial charge in [0.05, 0.1) is 6.07 Å². The highest BCUT2D eigenvalue weighted by molar-refractivity contribution is 8.00. The lowest BCUT2D eigenvalue weighted by Crippen LogP contribution is -2.11. The largest absolute Gasteiger partial charge is 0.197 e. The van der Waals surface area contributed by atoms with E-state index in [-0.39, 0.29) is 5.38 Å². The van der Waals surface area contributed by atoms with E-state index in [1.165, 1.54) is 32.1 Å². The van der Waals surface area contributed by atoms with Crippen molar-refractivity contribution in [1.29, 1.82) is 5.26 Å². The maximum Gasteiger partial charge on any atom is 0.129 e. The van der Waals surface area contributed by atoms with Gasteiger partial charge in [-0.3, -0.25) is 0 Å². The first-order valence-corrected chi connectivity index (χ1v) is 5.96. The lowest BCUT2D eigenvalue weighted by atomic mass is 10.0. The zero-order valence-electron chi connectivity index (χ0n) is 7.13. The molecule has 0 radical (unpaired) electrons. The highest BCUT2D eigenvalue weighted by Crippen LogP contribution is 2.28. The van der Waals surface area contributed by atoms with E-state index in [9.17, 15) is 0 Å². The van der Waals surface area contributed by atoms with E-state index in [4.69, 9.17) is 16.9 Å². The van der Waals surface area contributed by atoms with Crippen molar-refractivity contribution in [2.75, 3.05) is 5.75 Å². The lowest BCUT2D eigenvalue weighted by molar-refractivity contribution is 0.516. The minimum absolute atomic E-state index is 0.295. The van der Waals surface area contributed by atoms with E-state index < -0.39 is 0 Å². The molecule has 0 aromatic rings. The molecule has 1 rings (SSSR count). The molecular weight excluding hydrogens is 190 g/mol. The number of nitriles is 1. The number of rotatable bonds is 3. The highest BCUT2D eigenvalue weighted by atomic mass is 35.5. The normalized spacial score (nSPS) is 21.7. The summed E-state index contributed by atoms with van der Waals surface area (Å²) >= 11 is 7.58. The van der Waals surface area contributed by atoms with Crippen molar-refractivity contribution in [3.8, 4) is 6.07 Å². The molecule has 1 saturated carbocycles. The van der Waals surface area contributed by atoms with Crippen molar-refractivity contribution in [1.82, 2.24) is 0 Å². The third-order valence-corrected chi connectivity index (χ3v) is 4.07. The van der Waals surface area contributed by atoms with Crippen molar-refractivity contribution in [3.63, 3.8) is 0 Å². The second kappa shape index (κ2) is 5.72. The van der Waals surface area contributed by atoms with Gasteiger partial charge in [0.15, 0.2) is 0 Å². The van der Waals surface area contributed by atoms with Crippen LogP contribution in [0.2, 0.25) is 0 Å². The summed E-state index contributed by atoms with van der Waals surface area (Å²) in [5, 5.41) is 8.95. The fourth-order valence-corrected chi connectivity index (χ4v) is 2.89. The molecule has 0 bridgehead atoms. The molecule has 1 nitrogen and oxygen atoms in total. The van der Waals surface area contributed by atoms with Gasteiger partial charge in [0.1, 0.15) is 5.38 Å². The van der Waals surface area contributed by atoms with Gasteiger partial charge in [-0.1, -0.05) is 19.3 Å². The van der Waals surface area contributed by atoms with Crippen LogP contribution in [0.1, 0.15) is 32.1 Å². The van der Waals surface area contributed by atoms with Crippen LogP contribution in [0.3, 0.4) is 0 Å². The van der Waals surface area contributed by atoms with E-state index in [1.54, 1.807) is 0 Å². The monoisotopic (exact) mass is 203 g/mol. The van der Waals surface area contributed by atoms with Crippen LogP contribution in [-0.2, 0) is 0 Å². The molecule has 0 aromatic heterocycles. The number of hydrogen-bond donors (Lipinski definition) is 0. The summed E-state index contributed by atoms with van der Waals surface area (Å²) in [6.07, 6.45) is 6.74. The second-order valence-electron chi connectivity index (χ2n) is 3.19. The van der Waals surface area contributed by atoms with E-state index in [0.717, 1.165) is 11.0 Å². The van der Waals surface area contributed by atoms with Crippen molar-refractivity contribution in [2.45, 2.75) is 42.7 Å². The van der Waals surface area contributed by atoms with Crippen LogP contribution in [-0.4, -0.2) is 16.4 Å². The third-order valence-electron chi connectivity index (χ3n) is 2.17. The third kappa shape index (κ3) is 3.69. The Morgan fingerprint density at radius 3 is 2.67 bits per heavy atom. The summed E-state index contributed by atoms with van der Waals surface area (Å²) in [7, 11) is 0. The second-order valence-corrected chi connectivity index (χ2v) is 5.05. The predicted molar refractivity (Wildman–Crippen MR) is 54.6 cm³/mol. The van der Waals surface area contributed by atoms with E-state index in [0.29, 0.717) is 0 Å². The Labute approximate surface area is 83.5 Å². The van der Waals surface area contributed by atoms with Crippen LogP contribution < -0.4 is 0 Å². The Bertz CT molecular complexity index is 160. The average Bonchev–Trinajstić information content (AvgIpc) is 2.16. The minimum atomic E-state index is -0.295. The first-order valence-electron chi connectivity index (χ1n) is 4.48. The number of alkyl halides is 1. The van der Waals surface area contributed by atoms with Gasteiger partial charge in [0, 0.05) is 11.0 Å². The summed E-state index contributed by atoms with van der Waals surface area (Å²) in [5.74, 6) is 0.794. The van der Waals surface area contributed by atoms with Gasteiger partial charge in [-0.25, -0.2) is 0 Å². The highest BCUT2D eigenvalue weighted by Gasteiger charge is 2.14. The maximum absolute atomic E-state index is 8.47. The molecule has 3 heteroatoms. The van der Waals surface area contributed by atoms with E-state index in [2.05, 4.69) is 0 Å². The predicted octanol–water partition coefficient (Wildman–Crippen LogP) is 3.18. The van der Waals surface area contributed by atoms with Crippen molar-refractivity contribution in [3.05, 3.63) is 0 Å². The first-order chi connectivity index (χ1) is 5.83. The van der Waals surface area contributed by atoms with E-state index in [1.807, 2.05) is 17.8 Å². The maximum atomic E-state index is 8.47. The fourth-order valence-electron chi connectivity index (χ4n) is 1.49. The van der Waals surface area contributed by atoms with Crippen LogP contribution in [0.25, 0.3) is 0 Å². The topological polar surface area (TPSA) is 23.8 Å². The quantitative estimate of drug-likeness (QED) is 0.658. The van der Waals surface area contributed by atoms with Crippen molar-refractivity contribution in [2.24, 2.45) is 0 Å². The van der Waals surface area contributed by atoms with Crippen LogP contribution in [0.4, 0.5) is 0 Å². The van der Waals surface area contributed by atoms with Gasteiger partial charge < -0.3 is 0 Å². The Hall–Kier alpha value is 0.130. The van der Waals surface area contributed by atoms with Crippen molar-refractivity contribution < 1.29 is 0 Å².